The fourth-order valence-corrected chi connectivity index (χ4v) is 15.0. The Bertz CT molecular complexity index is 1920. The highest BCUT2D eigenvalue weighted by molar-refractivity contribution is 5.88. The molecule has 12 bridgehead atoms. The van der Waals surface area contributed by atoms with Gasteiger partial charge in [-0.2, -0.15) is 0 Å². The molecule has 13 rings (SSSR count). The van der Waals surface area contributed by atoms with E-state index in [9.17, 15) is 24.3 Å². The maximum absolute atomic E-state index is 12.0. The minimum absolute atomic E-state index is 0.163. The highest BCUT2D eigenvalue weighted by atomic mass is 16.6. The average Bonchev–Trinajstić information content (AvgIpc) is 3.20. The molecule has 0 saturated heterocycles. The molecule has 1 N–H and O–H groups in total. The SMILES string of the molecule is C=C(C)C(=O)OC1(C)C2CC3CC(C2)CC1C3.C=C(C)C(=O)OC1(CC)C2CC3CC(C2)CC1C3.C=C(C)C(=O)OC12CC3CC(CC(O)(C3)C1)C2.C=Cc1ccc(OC(C)=O)cc1. The van der Waals surface area contributed by atoms with Gasteiger partial charge < -0.3 is 24.1 Å². The molecule has 2 atom stereocenters. The van der Waals surface area contributed by atoms with Gasteiger partial charge in [-0.25, -0.2) is 14.4 Å². The smallest absolute Gasteiger partial charge is 0.333 e. The van der Waals surface area contributed by atoms with E-state index in [1.165, 1.54) is 77.6 Å². The second-order valence-corrected chi connectivity index (χ2v) is 22.3. The van der Waals surface area contributed by atoms with E-state index in [0.29, 0.717) is 64.4 Å². The molecule has 0 amide bonds. The molecule has 0 aliphatic heterocycles. The van der Waals surface area contributed by atoms with Crippen LogP contribution in [-0.2, 0) is 33.4 Å². The Kier molecular flexibility index (Phi) is 14.0. The summed E-state index contributed by atoms with van der Waals surface area (Å²) in [5, 5.41) is 10.5. The fraction of sp³-hybridized carbons (Fsp3) is 0.673. The quantitative estimate of drug-likeness (QED) is 0.112. The van der Waals surface area contributed by atoms with Crippen molar-refractivity contribution in [2.24, 2.45) is 59.2 Å². The molecular formula is C55H76O9. The number of hydrogen-bond acceptors (Lipinski definition) is 9. The van der Waals surface area contributed by atoms with E-state index < -0.39 is 11.2 Å². The van der Waals surface area contributed by atoms with Crippen molar-refractivity contribution in [2.45, 2.75) is 173 Å². The zero-order valence-corrected chi connectivity index (χ0v) is 39.7. The monoisotopic (exact) mass is 881 g/mol. The lowest BCUT2D eigenvalue weighted by atomic mass is 9.49. The lowest BCUT2D eigenvalue weighted by molar-refractivity contribution is -0.217. The maximum atomic E-state index is 12.0. The number of aliphatic hydroxyl groups is 1. The summed E-state index contributed by atoms with van der Waals surface area (Å²) in [4.78, 5) is 46.0. The van der Waals surface area contributed by atoms with E-state index in [1.807, 2.05) is 12.1 Å². The molecule has 1 aromatic carbocycles. The molecule has 9 heteroatoms. The number of carbonyl (C=O) groups is 4. The van der Waals surface area contributed by atoms with Gasteiger partial charge in [0.15, 0.2) is 0 Å². The minimum atomic E-state index is -0.570. The summed E-state index contributed by atoms with van der Waals surface area (Å²) >= 11 is 0. The van der Waals surface area contributed by atoms with Gasteiger partial charge in [0, 0.05) is 30.1 Å². The Morgan fingerprint density at radius 1 is 0.609 bits per heavy atom. The third-order valence-corrected chi connectivity index (χ3v) is 17.1. The van der Waals surface area contributed by atoms with E-state index in [-0.39, 0.29) is 35.1 Å². The van der Waals surface area contributed by atoms with Crippen LogP contribution < -0.4 is 4.74 Å². The van der Waals surface area contributed by atoms with Crippen molar-refractivity contribution in [3.63, 3.8) is 0 Å². The summed E-state index contributed by atoms with van der Waals surface area (Å²) in [6.07, 6.45) is 21.3. The van der Waals surface area contributed by atoms with Crippen molar-refractivity contribution in [2.75, 3.05) is 0 Å². The first-order valence-electron chi connectivity index (χ1n) is 24.5. The van der Waals surface area contributed by atoms with Crippen LogP contribution in [-0.4, -0.2) is 51.4 Å². The van der Waals surface area contributed by atoms with Gasteiger partial charge in [0.05, 0.1) is 5.60 Å². The van der Waals surface area contributed by atoms with Crippen LogP contribution in [0.15, 0.2) is 67.3 Å². The summed E-state index contributed by atoms with van der Waals surface area (Å²) in [5.41, 5.74) is 1.19. The summed E-state index contributed by atoms with van der Waals surface area (Å²) in [7, 11) is 0. The normalized spacial score (nSPS) is 39.3. The van der Waals surface area contributed by atoms with E-state index in [0.717, 1.165) is 61.3 Å². The number of rotatable bonds is 9. The van der Waals surface area contributed by atoms with Gasteiger partial charge in [0.1, 0.15) is 22.6 Å². The topological polar surface area (TPSA) is 125 Å². The maximum Gasteiger partial charge on any atom is 0.333 e. The predicted molar refractivity (Wildman–Crippen MR) is 248 cm³/mol. The van der Waals surface area contributed by atoms with Crippen LogP contribution in [0.3, 0.4) is 0 Å². The molecule has 0 heterocycles. The molecule has 12 saturated carbocycles. The highest BCUT2D eigenvalue weighted by Crippen LogP contribution is 2.62. The molecular weight excluding hydrogens is 805 g/mol. The molecule has 0 aromatic heterocycles. The van der Waals surface area contributed by atoms with Gasteiger partial charge in [-0.05, 0) is 207 Å². The van der Waals surface area contributed by atoms with Gasteiger partial charge in [-0.15, -0.1) is 0 Å². The first kappa shape index (κ1) is 48.0. The molecule has 12 fully saturated rings. The van der Waals surface area contributed by atoms with Gasteiger partial charge in [-0.1, -0.05) is 51.4 Å². The van der Waals surface area contributed by atoms with Crippen LogP contribution in [0.2, 0.25) is 0 Å². The molecule has 1 aromatic rings. The molecule has 12 aliphatic rings. The van der Waals surface area contributed by atoms with Gasteiger partial charge in [0.25, 0.3) is 0 Å². The molecule has 2 unspecified atom stereocenters. The molecule has 64 heavy (non-hydrogen) atoms. The molecule has 0 spiro atoms. The van der Waals surface area contributed by atoms with Crippen LogP contribution in [0, 0.1) is 59.2 Å². The Hall–Kier alpha value is -3.98. The van der Waals surface area contributed by atoms with Crippen LogP contribution in [0.25, 0.3) is 6.08 Å². The van der Waals surface area contributed by atoms with Crippen LogP contribution >= 0.6 is 0 Å². The Morgan fingerprint density at radius 3 is 1.41 bits per heavy atom. The number of esters is 4. The molecule has 12 aliphatic carbocycles. The van der Waals surface area contributed by atoms with Gasteiger partial charge >= 0.3 is 23.9 Å². The third-order valence-electron chi connectivity index (χ3n) is 17.1. The standard InChI is InChI=1S/C16H24O2.C15H22O2.C14H20O3.C10H10O2/c1-4-16(18-15(17)10(2)3)13-6-11-5-12(8-13)9-14(16)7-11;1-9(2)14(16)17-15(3)12-5-10-4-11(7-12)8-13(15)6-10;1-9(2)12(15)17-14-6-10-3-11(7-14)5-13(16,4-10)8-14;1-3-9-4-6-10(7-5-9)12-8(2)11/h11-14H,2,4-9H2,1,3H3;10-13H,1,4-8H2,2-3H3;10-11,16H,1,3-8H2,2H3;3-7H,1H2,2H3. The Morgan fingerprint density at radius 2 is 1.02 bits per heavy atom. The summed E-state index contributed by atoms with van der Waals surface area (Å²) in [6.45, 7) is 25.6. The van der Waals surface area contributed by atoms with Gasteiger partial charge in [-0.3, -0.25) is 4.79 Å². The van der Waals surface area contributed by atoms with Crippen molar-refractivity contribution >= 4 is 30.0 Å². The van der Waals surface area contributed by atoms with Crippen molar-refractivity contribution in [1.29, 1.82) is 0 Å². The van der Waals surface area contributed by atoms with Gasteiger partial charge in [0.2, 0.25) is 0 Å². The summed E-state index contributed by atoms with van der Waals surface area (Å²) in [5.74, 6) is 6.75. The molecule has 0 radical (unpaired) electrons. The van der Waals surface area contributed by atoms with Crippen molar-refractivity contribution in [3.05, 3.63) is 72.9 Å². The lowest BCUT2D eigenvalue weighted by Gasteiger charge is -2.60. The zero-order chi connectivity index (χ0) is 46.4. The van der Waals surface area contributed by atoms with E-state index >= 15 is 0 Å². The van der Waals surface area contributed by atoms with Crippen molar-refractivity contribution < 1.29 is 43.2 Å². The van der Waals surface area contributed by atoms with Crippen LogP contribution in [0.1, 0.15) is 156 Å². The molecule has 350 valence electrons. The number of benzene rings is 1. The third kappa shape index (κ3) is 10.2. The fourth-order valence-electron chi connectivity index (χ4n) is 15.0. The first-order valence-corrected chi connectivity index (χ1v) is 24.5. The van der Waals surface area contributed by atoms with Crippen LogP contribution in [0.4, 0.5) is 0 Å². The lowest BCUT2D eigenvalue weighted by Crippen LogP contribution is -2.60. The van der Waals surface area contributed by atoms with Crippen molar-refractivity contribution in [1.82, 2.24) is 0 Å². The average molecular weight is 881 g/mol. The Balaban J connectivity index is 0.000000129. The highest BCUT2D eigenvalue weighted by Gasteiger charge is 2.61. The van der Waals surface area contributed by atoms with Crippen molar-refractivity contribution in [3.8, 4) is 5.75 Å². The summed E-state index contributed by atoms with van der Waals surface area (Å²) in [6, 6.07) is 7.15. The predicted octanol–water partition coefficient (Wildman–Crippen LogP) is 11.5. The largest absolute Gasteiger partial charge is 0.456 e. The second kappa shape index (κ2) is 18.7. The van der Waals surface area contributed by atoms with E-state index in [4.69, 9.17) is 18.9 Å². The number of ether oxygens (including phenoxy) is 4. The summed E-state index contributed by atoms with van der Waals surface area (Å²) < 4.78 is 22.3. The van der Waals surface area contributed by atoms with E-state index in [1.54, 1.807) is 39.0 Å². The first-order chi connectivity index (χ1) is 30.2. The molecule has 9 nitrogen and oxygen atoms in total. The van der Waals surface area contributed by atoms with E-state index in [2.05, 4.69) is 40.2 Å². The second-order valence-electron chi connectivity index (χ2n) is 22.3. The minimum Gasteiger partial charge on any atom is -0.456 e. The Labute approximate surface area is 382 Å². The number of hydrogen-bond donors (Lipinski definition) is 1. The van der Waals surface area contributed by atoms with Crippen LogP contribution in [0.5, 0.6) is 5.75 Å². The zero-order valence-electron chi connectivity index (χ0n) is 39.7. The number of carbonyl (C=O) groups excluding carboxylic acids is 4.